The van der Waals surface area contributed by atoms with Crippen molar-refractivity contribution >= 4 is 17.5 Å². The van der Waals surface area contributed by atoms with E-state index in [0.717, 1.165) is 26.1 Å². The molecule has 1 saturated heterocycles. The molecular formula is C30H36FN4O5+. The number of carbonyl (C=O) groups excluding carboxylic acids is 1. The number of benzene rings is 2. The topological polar surface area (TPSA) is 94.9 Å². The lowest BCUT2D eigenvalue weighted by molar-refractivity contribution is -1.11. The quantitative estimate of drug-likeness (QED) is 0.223. The van der Waals surface area contributed by atoms with E-state index in [4.69, 9.17) is 18.8 Å². The number of ether oxygens (including phenoxy) is 2. The highest BCUT2D eigenvalue weighted by Gasteiger charge is 2.31. The third kappa shape index (κ3) is 8.05. The molecule has 1 aliphatic heterocycles. The van der Waals surface area contributed by atoms with E-state index in [-0.39, 0.29) is 11.0 Å². The zero-order valence-electron chi connectivity index (χ0n) is 23.4. The maximum atomic E-state index is 14.6. The molecule has 0 atom stereocenters. The van der Waals surface area contributed by atoms with Crippen LogP contribution in [0.3, 0.4) is 0 Å². The second-order valence-corrected chi connectivity index (χ2v) is 10.6. The van der Waals surface area contributed by atoms with Gasteiger partial charge in [0.2, 0.25) is 0 Å². The molecular weight excluding hydrogens is 515 g/mol. The second-order valence-electron chi connectivity index (χ2n) is 10.6. The summed E-state index contributed by atoms with van der Waals surface area (Å²) in [6.07, 6.45) is 0.780. The molecule has 2 N–H and O–H groups in total. The van der Waals surface area contributed by atoms with Gasteiger partial charge in [-0.25, -0.2) is 14.0 Å². The highest BCUT2D eigenvalue weighted by molar-refractivity contribution is 5.99. The van der Waals surface area contributed by atoms with E-state index in [0.29, 0.717) is 53.0 Å². The van der Waals surface area contributed by atoms with Gasteiger partial charge in [-0.3, -0.25) is 5.32 Å². The van der Waals surface area contributed by atoms with Crippen LogP contribution in [-0.2, 0) is 15.0 Å². The fraction of sp³-hybridized carbons (Fsp3) is 0.400. The van der Waals surface area contributed by atoms with Crippen LogP contribution in [-0.4, -0.2) is 62.4 Å². The summed E-state index contributed by atoms with van der Waals surface area (Å²) in [5, 5.41) is 9.25. The molecule has 2 heterocycles. The third-order valence-electron chi connectivity index (χ3n) is 6.57. The van der Waals surface area contributed by atoms with Crippen LogP contribution in [0.4, 0.5) is 20.7 Å². The van der Waals surface area contributed by atoms with Crippen molar-refractivity contribution in [3.05, 3.63) is 71.2 Å². The van der Waals surface area contributed by atoms with Crippen molar-refractivity contribution in [2.24, 2.45) is 0 Å². The van der Waals surface area contributed by atoms with Gasteiger partial charge in [0.15, 0.2) is 5.82 Å². The van der Waals surface area contributed by atoms with Gasteiger partial charge in [0, 0.05) is 35.2 Å². The molecule has 1 aromatic heterocycles. The first-order valence-electron chi connectivity index (χ1n) is 13.2. The number of urea groups is 1. The summed E-state index contributed by atoms with van der Waals surface area (Å²) < 4.78 is 31.6. The van der Waals surface area contributed by atoms with Crippen LogP contribution in [0.25, 0.3) is 0 Å². The van der Waals surface area contributed by atoms with Gasteiger partial charge >= 0.3 is 6.03 Å². The minimum Gasteiger partial charge on any atom is -0.493 e. The molecule has 0 radical (unpaired) electrons. The van der Waals surface area contributed by atoms with Gasteiger partial charge in [0.05, 0.1) is 32.5 Å². The van der Waals surface area contributed by atoms with Crippen molar-refractivity contribution in [1.82, 2.24) is 5.16 Å². The Morgan fingerprint density at radius 2 is 1.82 bits per heavy atom. The van der Waals surface area contributed by atoms with E-state index in [1.807, 2.05) is 20.8 Å². The Morgan fingerprint density at radius 1 is 1.07 bits per heavy atom. The summed E-state index contributed by atoms with van der Waals surface area (Å²) in [7, 11) is 1.72. The molecule has 0 aliphatic carbocycles. The molecule has 212 valence electrons. The summed E-state index contributed by atoms with van der Waals surface area (Å²) in [4.78, 5) is 18.0. The smallest absolute Gasteiger partial charge is 0.324 e. The van der Waals surface area contributed by atoms with Gasteiger partial charge in [-0.05, 0) is 36.4 Å². The average molecular weight is 552 g/mol. The molecule has 2 aromatic carbocycles. The molecule has 1 aliphatic rings. The number of halogens is 1. The predicted octanol–water partition coefficient (Wildman–Crippen LogP) is 5.33. The van der Waals surface area contributed by atoms with E-state index in [1.165, 1.54) is 6.07 Å². The van der Waals surface area contributed by atoms with E-state index in [1.54, 1.807) is 49.6 Å². The Balaban J connectivity index is 1.25. The van der Waals surface area contributed by atoms with Crippen molar-refractivity contribution in [3.8, 4) is 17.6 Å². The van der Waals surface area contributed by atoms with Crippen LogP contribution in [0.15, 0.2) is 53.1 Å². The number of hydrogen-bond donors (Lipinski definition) is 2. The van der Waals surface area contributed by atoms with Crippen LogP contribution in [0.1, 0.15) is 44.1 Å². The van der Waals surface area contributed by atoms with E-state index >= 15 is 0 Å². The minimum absolute atomic E-state index is 0.211. The van der Waals surface area contributed by atoms with Crippen molar-refractivity contribution in [1.29, 1.82) is 0 Å². The number of nitrogens with zero attached hydrogens (tertiary/aromatic N) is 2. The minimum atomic E-state index is -0.448. The van der Waals surface area contributed by atoms with Gasteiger partial charge in [0.25, 0.3) is 0 Å². The van der Waals surface area contributed by atoms with Gasteiger partial charge in [-0.1, -0.05) is 37.8 Å². The number of hydrogen-bond acceptors (Lipinski definition) is 6. The fourth-order valence-electron chi connectivity index (χ4n) is 4.15. The molecule has 0 spiro atoms. The van der Waals surface area contributed by atoms with Gasteiger partial charge in [-0.2, -0.15) is 4.65 Å². The summed E-state index contributed by atoms with van der Waals surface area (Å²) in [6.45, 7) is 10.3. The highest BCUT2D eigenvalue weighted by Crippen LogP contribution is 2.24. The maximum absolute atomic E-state index is 14.6. The number of hydroxylamine groups is 3. The maximum Gasteiger partial charge on any atom is 0.324 e. The Bertz CT molecular complexity index is 1350. The molecule has 40 heavy (non-hydrogen) atoms. The summed E-state index contributed by atoms with van der Waals surface area (Å²) in [5.41, 5.74) is 1.31. The Kier molecular flexibility index (Phi) is 9.42. The lowest BCUT2D eigenvalue weighted by Crippen LogP contribution is -2.54. The standard InChI is InChI=1S/C30H35FN4O5/c1-30(2,3)27-21-28(34-40-27)33-29(36)32-24-11-7-22(8-12-24)6-9-23-10-13-25(20-26(23)31)39-17-5-14-35(37-4)15-18-38-19-16-35/h7-8,10-13,20-21H,5,14-19H2,1-4H3,(H-,32,33,34,36)/p+1. The number of carbonyl (C=O) groups is 1. The number of amides is 2. The fourth-order valence-corrected chi connectivity index (χ4v) is 4.15. The zero-order chi connectivity index (χ0) is 28.6. The average Bonchev–Trinajstić information content (AvgIpc) is 3.41. The summed E-state index contributed by atoms with van der Waals surface area (Å²) >= 11 is 0. The molecule has 4 rings (SSSR count). The molecule has 9 nitrogen and oxygen atoms in total. The molecule has 0 unspecified atom stereocenters. The molecule has 2 amide bonds. The normalized spacial score (nSPS) is 14.6. The van der Waals surface area contributed by atoms with Crippen LogP contribution in [0.5, 0.6) is 5.75 Å². The number of morpholine rings is 1. The zero-order valence-corrected chi connectivity index (χ0v) is 23.4. The number of nitrogens with one attached hydrogen (secondary N) is 2. The van der Waals surface area contributed by atoms with Gasteiger partial charge in [-0.15, -0.1) is 0 Å². The monoisotopic (exact) mass is 551 g/mol. The lowest BCUT2D eigenvalue weighted by atomic mass is 9.93. The first kappa shape index (κ1) is 29.1. The number of aromatic nitrogens is 1. The van der Waals surface area contributed by atoms with Crippen molar-refractivity contribution in [2.45, 2.75) is 32.6 Å². The predicted molar refractivity (Wildman–Crippen MR) is 149 cm³/mol. The van der Waals surface area contributed by atoms with E-state index in [2.05, 4.69) is 27.6 Å². The third-order valence-corrected chi connectivity index (χ3v) is 6.57. The first-order chi connectivity index (χ1) is 19.2. The first-order valence-corrected chi connectivity index (χ1v) is 13.2. The van der Waals surface area contributed by atoms with E-state index < -0.39 is 11.8 Å². The van der Waals surface area contributed by atoms with Crippen LogP contribution >= 0.6 is 0 Å². The SMILES string of the molecule is CO[N+]1(CCCOc2ccc(C#Cc3ccc(NC(=O)Nc4cc(C(C)(C)C)on4)cc3)c(F)c2)CCOCC1. The Labute approximate surface area is 234 Å². The van der Waals surface area contributed by atoms with Gasteiger partial charge in [0.1, 0.15) is 37.0 Å². The van der Waals surface area contributed by atoms with Crippen LogP contribution in [0, 0.1) is 17.7 Å². The number of quaternary nitrogens is 1. The summed E-state index contributed by atoms with van der Waals surface area (Å²) in [5.74, 6) is 6.82. The molecule has 0 bridgehead atoms. The highest BCUT2D eigenvalue weighted by atomic mass is 19.1. The molecule has 10 heteroatoms. The molecule has 3 aromatic rings. The van der Waals surface area contributed by atoms with Crippen molar-refractivity contribution < 1.29 is 32.7 Å². The Morgan fingerprint density at radius 3 is 2.48 bits per heavy atom. The summed E-state index contributed by atoms with van der Waals surface area (Å²) in [6, 6.07) is 12.8. The Hall–Kier alpha value is -3.91. The van der Waals surface area contributed by atoms with Crippen molar-refractivity contribution in [3.63, 3.8) is 0 Å². The largest absolute Gasteiger partial charge is 0.493 e. The van der Waals surface area contributed by atoms with Crippen LogP contribution < -0.4 is 15.4 Å². The molecule has 0 saturated carbocycles. The number of rotatable bonds is 8. The van der Waals surface area contributed by atoms with Crippen molar-refractivity contribution in [2.75, 3.05) is 57.2 Å². The second kappa shape index (κ2) is 13.0. The van der Waals surface area contributed by atoms with Gasteiger partial charge < -0.3 is 19.3 Å². The van der Waals surface area contributed by atoms with E-state index in [9.17, 15) is 9.18 Å². The van der Waals surface area contributed by atoms with Crippen LogP contribution in [0.2, 0.25) is 0 Å². The number of anilines is 2. The lowest BCUT2D eigenvalue weighted by Gasteiger charge is -2.36. The molecule has 1 fully saturated rings.